The second kappa shape index (κ2) is 6.25. The molecule has 1 rings (SSSR count). The highest BCUT2D eigenvalue weighted by Gasteiger charge is 2.28. The number of hydrogen-bond donors (Lipinski definition) is 1. The third kappa shape index (κ3) is 5.40. The molecule has 1 aliphatic rings. The molecular weight excluding hydrogens is 266 g/mol. The number of hydrogen-bond acceptors (Lipinski definition) is 6. The van der Waals surface area contributed by atoms with Gasteiger partial charge in [0, 0.05) is 5.25 Å². The van der Waals surface area contributed by atoms with Crippen molar-refractivity contribution < 1.29 is 22.7 Å². The zero-order valence-corrected chi connectivity index (χ0v) is 11.1. The summed E-state index contributed by atoms with van der Waals surface area (Å²) < 4.78 is 26.7. The Balaban J connectivity index is 2.19. The van der Waals surface area contributed by atoms with Gasteiger partial charge >= 0.3 is 5.97 Å². The molecule has 0 aromatic rings. The highest BCUT2D eigenvalue weighted by molar-refractivity contribution is 8.02. The fourth-order valence-electron chi connectivity index (χ4n) is 1.38. The van der Waals surface area contributed by atoms with Crippen LogP contribution in [-0.2, 0) is 24.2 Å². The second-order valence-electron chi connectivity index (χ2n) is 3.69. The van der Waals surface area contributed by atoms with Crippen molar-refractivity contribution in [2.24, 2.45) is 0 Å². The maximum atomic E-state index is 11.3. The number of esters is 1. The Labute approximate surface area is 104 Å². The molecule has 1 N–H and O–H groups in total. The van der Waals surface area contributed by atoms with Gasteiger partial charge in [-0.05, 0) is 6.42 Å². The van der Waals surface area contributed by atoms with Crippen molar-refractivity contribution >= 4 is 33.5 Å². The normalized spacial score (nSPS) is 22.1. The molecule has 1 fully saturated rings. The van der Waals surface area contributed by atoms with Crippen molar-refractivity contribution in [1.82, 2.24) is 5.32 Å². The number of thioether (sulfide) groups is 1. The summed E-state index contributed by atoms with van der Waals surface area (Å²) in [5.41, 5.74) is 0. The van der Waals surface area contributed by atoms with Crippen LogP contribution in [0.15, 0.2) is 0 Å². The molecule has 0 bridgehead atoms. The second-order valence-corrected chi connectivity index (χ2v) is 7.21. The molecule has 1 amide bonds. The third-order valence-corrected chi connectivity index (χ3v) is 5.58. The standard InChI is InChI=1S/C9H15NO5S2/c1-15-9(12)4-10-8(11)5-16-7-2-3-17(13,14)6-7/h7H,2-6H2,1H3,(H,10,11). The van der Waals surface area contributed by atoms with E-state index in [-0.39, 0.29) is 35.0 Å². The third-order valence-electron chi connectivity index (χ3n) is 2.30. The first-order valence-corrected chi connectivity index (χ1v) is 7.95. The average Bonchev–Trinajstić information content (AvgIpc) is 2.63. The first kappa shape index (κ1) is 14.3. The zero-order chi connectivity index (χ0) is 12.9. The van der Waals surface area contributed by atoms with Crippen LogP contribution >= 0.6 is 11.8 Å². The lowest BCUT2D eigenvalue weighted by Gasteiger charge is -2.07. The van der Waals surface area contributed by atoms with Gasteiger partial charge in [0.15, 0.2) is 9.84 Å². The number of rotatable bonds is 5. The predicted octanol–water partition coefficient (Wildman–Crippen LogP) is -0.804. The lowest BCUT2D eigenvalue weighted by molar-refractivity contribution is -0.140. The van der Waals surface area contributed by atoms with Crippen molar-refractivity contribution in [2.75, 3.05) is 30.9 Å². The maximum absolute atomic E-state index is 11.3. The van der Waals surface area contributed by atoms with E-state index in [9.17, 15) is 18.0 Å². The quantitative estimate of drug-likeness (QED) is 0.663. The molecule has 17 heavy (non-hydrogen) atoms. The molecule has 8 heteroatoms. The number of carbonyl (C=O) groups excluding carboxylic acids is 2. The number of sulfone groups is 1. The Kier molecular flexibility index (Phi) is 5.26. The van der Waals surface area contributed by atoms with Gasteiger partial charge in [0.05, 0.1) is 24.4 Å². The fraction of sp³-hybridized carbons (Fsp3) is 0.778. The molecule has 98 valence electrons. The molecule has 1 heterocycles. The summed E-state index contributed by atoms with van der Waals surface area (Å²) in [6, 6.07) is 0. The summed E-state index contributed by atoms with van der Waals surface area (Å²) in [7, 11) is -1.66. The van der Waals surface area contributed by atoms with Gasteiger partial charge in [-0.2, -0.15) is 0 Å². The number of methoxy groups -OCH3 is 1. The lowest BCUT2D eigenvalue weighted by Crippen LogP contribution is -2.31. The minimum absolute atomic E-state index is 0.0103. The van der Waals surface area contributed by atoms with E-state index in [2.05, 4.69) is 10.1 Å². The molecule has 1 unspecified atom stereocenters. The highest BCUT2D eigenvalue weighted by atomic mass is 32.2. The summed E-state index contributed by atoms with van der Waals surface area (Å²) in [5, 5.41) is 2.38. The van der Waals surface area contributed by atoms with Crippen molar-refractivity contribution in [3.8, 4) is 0 Å². The monoisotopic (exact) mass is 281 g/mol. The molecule has 0 aliphatic carbocycles. The summed E-state index contributed by atoms with van der Waals surface area (Å²) in [4.78, 5) is 22.0. The van der Waals surface area contributed by atoms with E-state index >= 15 is 0 Å². The van der Waals surface area contributed by atoms with E-state index in [1.54, 1.807) is 0 Å². The van der Waals surface area contributed by atoms with Crippen molar-refractivity contribution in [2.45, 2.75) is 11.7 Å². The van der Waals surface area contributed by atoms with E-state index in [1.165, 1.54) is 18.9 Å². The number of nitrogens with one attached hydrogen (secondary N) is 1. The first-order valence-electron chi connectivity index (χ1n) is 5.08. The first-order chi connectivity index (χ1) is 7.93. The largest absolute Gasteiger partial charge is 0.468 e. The molecule has 0 aromatic heterocycles. The molecule has 1 saturated heterocycles. The Morgan fingerprint density at radius 3 is 2.71 bits per heavy atom. The van der Waals surface area contributed by atoms with Crippen LogP contribution in [0.2, 0.25) is 0 Å². The summed E-state index contributed by atoms with van der Waals surface area (Å²) in [6.45, 7) is -0.154. The summed E-state index contributed by atoms with van der Waals surface area (Å²) in [6.07, 6.45) is 0.595. The average molecular weight is 281 g/mol. The van der Waals surface area contributed by atoms with Gasteiger partial charge in [0.2, 0.25) is 5.91 Å². The Bertz CT molecular complexity index is 392. The predicted molar refractivity (Wildman–Crippen MR) is 64.5 cm³/mol. The molecule has 0 saturated carbocycles. The van der Waals surface area contributed by atoms with Gasteiger partial charge in [0.25, 0.3) is 0 Å². The maximum Gasteiger partial charge on any atom is 0.325 e. The van der Waals surface area contributed by atoms with Gasteiger partial charge < -0.3 is 10.1 Å². The van der Waals surface area contributed by atoms with E-state index in [4.69, 9.17) is 0 Å². The van der Waals surface area contributed by atoms with Crippen molar-refractivity contribution in [3.63, 3.8) is 0 Å². The number of carbonyl (C=O) groups is 2. The van der Waals surface area contributed by atoms with E-state index in [0.29, 0.717) is 6.42 Å². The van der Waals surface area contributed by atoms with Crippen LogP contribution in [-0.4, -0.2) is 56.5 Å². The van der Waals surface area contributed by atoms with Crippen LogP contribution < -0.4 is 5.32 Å². The molecular formula is C9H15NO5S2. The summed E-state index contributed by atoms with van der Waals surface area (Å²) >= 11 is 1.31. The Hall–Kier alpha value is -0.760. The van der Waals surface area contributed by atoms with E-state index in [1.807, 2.05) is 0 Å². The van der Waals surface area contributed by atoms with Crippen LogP contribution in [0.3, 0.4) is 0 Å². The molecule has 0 radical (unpaired) electrons. The topological polar surface area (TPSA) is 89.5 Å². The van der Waals surface area contributed by atoms with Crippen LogP contribution in [0.4, 0.5) is 0 Å². The Morgan fingerprint density at radius 2 is 2.18 bits per heavy atom. The van der Waals surface area contributed by atoms with Crippen LogP contribution in [0.25, 0.3) is 0 Å². The molecule has 0 spiro atoms. The van der Waals surface area contributed by atoms with Gasteiger partial charge in [-0.1, -0.05) is 0 Å². The molecule has 1 aliphatic heterocycles. The minimum Gasteiger partial charge on any atom is -0.468 e. The van der Waals surface area contributed by atoms with E-state index < -0.39 is 15.8 Å². The number of amides is 1. The zero-order valence-electron chi connectivity index (χ0n) is 9.47. The van der Waals surface area contributed by atoms with E-state index in [0.717, 1.165) is 0 Å². The van der Waals surface area contributed by atoms with Crippen LogP contribution in [0.1, 0.15) is 6.42 Å². The van der Waals surface area contributed by atoms with Gasteiger partial charge in [-0.15, -0.1) is 11.8 Å². The Morgan fingerprint density at radius 1 is 1.47 bits per heavy atom. The lowest BCUT2D eigenvalue weighted by atomic mass is 10.4. The van der Waals surface area contributed by atoms with Gasteiger partial charge in [0.1, 0.15) is 6.54 Å². The van der Waals surface area contributed by atoms with Gasteiger partial charge in [-0.25, -0.2) is 8.42 Å². The van der Waals surface area contributed by atoms with Crippen LogP contribution in [0.5, 0.6) is 0 Å². The fourth-order valence-corrected chi connectivity index (χ4v) is 4.85. The van der Waals surface area contributed by atoms with Crippen molar-refractivity contribution in [1.29, 1.82) is 0 Å². The minimum atomic E-state index is -2.90. The van der Waals surface area contributed by atoms with Crippen molar-refractivity contribution in [3.05, 3.63) is 0 Å². The summed E-state index contributed by atoms with van der Waals surface area (Å²) in [5.74, 6) is -0.287. The number of ether oxygens (including phenoxy) is 1. The highest BCUT2D eigenvalue weighted by Crippen LogP contribution is 2.23. The van der Waals surface area contributed by atoms with Gasteiger partial charge in [-0.3, -0.25) is 9.59 Å². The smallest absolute Gasteiger partial charge is 0.325 e. The molecule has 1 atom stereocenters. The molecule has 0 aromatic carbocycles. The molecule has 6 nitrogen and oxygen atoms in total. The van der Waals surface area contributed by atoms with Crippen LogP contribution in [0, 0.1) is 0 Å². The SMILES string of the molecule is COC(=O)CNC(=O)CSC1CCS(=O)(=O)C1.